The number of benzene rings is 2. The van der Waals surface area contributed by atoms with Gasteiger partial charge in [0.2, 0.25) is 0 Å². The maximum absolute atomic E-state index is 14.5. The van der Waals surface area contributed by atoms with E-state index in [4.69, 9.17) is 5.26 Å². The smallest absolute Gasteiger partial charge is 0.370 e. The van der Waals surface area contributed by atoms with Crippen molar-refractivity contribution in [1.29, 1.82) is 5.26 Å². The van der Waals surface area contributed by atoms with Gasteiger partial charge in [-0.3, -0.25) is 14.6 Å². The van der Waals surface area contributed by atoms with Crippen LogP contribution in [0.5, 0.6) is 0 Å². The van der Waals surface area contributed by atoms with Crippen molar-refractivity contribution in [3.63, 3.8) is 0 Å². The molecule has 2 aromatic carbocycles. The molecule has 1 amide bonds. The number of pyridine rings is 1. The number of hydrogen-bond donors (Lipinski definition) is 1. The second kappa shape index (κ2) is 13.1. The Labute approximate surface area is 278 Å². The van der Waals surface area contributed by atoms with E-state index in [-0.39, 0.29) is 59.2 Å². The lowest BCUT2D eigenvalue weighted by molar-refractivity contribution is -0.138. The van der Waals surface area contributed by atoms with Gasteiger partial charge in [-0.15, -0.1) is 10.2 Å². The maximum atomic E-state index is 14.5. The monoisotopic (exact) mass is 682 g/mol. The van der Waals surface area contributed by atoms with Gasteiger partial charge in [-0.2, -0.15) is 31.6 Å². The van der Waals surface area contributed by atoms with Crippen LogP contribution in [-0.2, 0) is 32.5 Å². The number of carbonyl (C=O) groups is 1. The number of nitrogens with one attached hydrogen (secondary N) is 1. The number of amides is 1. The average Bonchev–Trinajstić information content (AvgIpc) is 3.75. The number of likely N-dealkylation sites (tertiary alicyclic amines) is 1. The van der Waals surface area contributed by atoms with Crippen LogP contribution in [0.1, 0.15) is 58.8 Å². The van der Waals surface area contributed by atoms with Crippen molar-refractivity contribution in [2.24, 2.45) is 13.0 Å². The first-order valence-electron chi connectivity index (χ1n) is 15.7. The maximum Gasteiger partial charge on any atom is 0.416 e. The fourth-order valence-electron chi connectivity index (χ4n) is 6.39. The van der Waals surface area contributed by atoms with Crippen LogP contribution in [0, 0.1) is 17.2 Å². The Kier molecular flexibility index (Phi) is 9.10. The molecule has 1 N–H and O–H groups in total. The number of nitrogens with zero attached hydrogens (tertiary/aromatic N) is 7. The summed E-state index contributed by atoms with van der Waals surface area (Å²) in [6.45, 7) is 3.66. The van der Waals surface area contributed by atoms with Gasteiger partial charge in [0.15, 0.2) is 5.82 Å². The van der Waals surface area contributed by atoms with Crippen LogP contribution in [0.2, 0.25) is 0 Å². The lowest BCUT2D eigenvalue weighted by Gasteiger charge is -2.20. The number of aromatic nitrogens is 4. The van der Waals surface area contributed by atoms with E-state index in [2.05, 4.69) is 32.3 Å². The SMILES string of the molecule is C[C@H]1CCN(Cc2cc3c(c(C(F)(F)F)c2)CN(c2cc(-c4cc(C(F)(F)F)ccc4-c4nncn4C)cc(NCCCC#N)n2)C3=O)C1. The largest absolute Gasteiger partial charge is 0.416 e. The molecular weight excluding hydrogens is 650 g/mol. The van der Waals surface area contributed by atoms with Crippen LogP contribution in [0.4, 0.5) is 38.0 Å². The first kappa shape index (κ1) is 33.9. The number of fused-ring (bicyclic) bond motifs is 1. The van der Waals surface area contributed by atoms with Crippen molar-refractivity contribution in [3.8, 4) is 28.6 Å². The lowest BCUT2D eigenvalue weighted by atomic mass is 9.96. The van der Waals surface area contributed by atoms with E-state index < -0.39 is 35.9 Å². The summed E-state index contributed by atoms with van der Waals surface area (Å²) >= 11 is 0. The predicted octanol–water partition coefficient (Wildman–Crippen LogP) is 7.30. The Morgan fingerprint density at radius 2 is 1.82 bits per heavy atom. The summed E-state index contributed by atoms with van der Waals surface area (Å²) < 4.78 is 86.8. The Morgan fingerprint density at radius 3 is 2.47 bits per heavy atom. The summed E-state index contributed by atoms with van der Waals surface area (Å²) in [6.07, 6.45) is -6.45. The van der Waals surface area contributed by atoms with Crippen molar-refractivity contribution >= 4 is 17.5 Å². The molecule has 2 aliphatic rings. The zero-order valence-electron chi connectivity index (χ0n) is 26.7. The number of rotatable bonds is 9. The summed E-state index contributed by atoms with van der Waals surface area (Å²) in [5, 5.41) is 19.9. The summed E-state index contributed by atoms with van der Waals surface area (Å²) in [7, 11) is 1.63. The molecule has 4 heterocycles. The van der Waals surface area contributed by atoms with E-state index in [1.807, 2.05) is 6.07 Å². The molecular formula is C34H32F6N8O. The molecule has 0 radical (unpaired) electrons. The molecule has 0 bridgehead atoms. The predicted molar refractivity (Wildman–Crippen MR) is 169 cm³/mol. The molecule has 1 saturated heterocycles. The van der Waals surface area contributed by atoms with Crippen LogP contribution in [0.3, 0.4) is 0 Å². The van der Waals surface area contributed by atoms with Gasteiger partial charge < -0.3 is 9.88 Å². The number of nitriles is 1. The van der Waals surface area contributed by atoms with Gasteiger partial charge in [0.25, 0.3) is 5.91 Å². The Balaban J connectivity index is 1.46. The third kappa shape index (κ3) is 7.10. The highest BCUT2D eigenvalue weighted by atomic mass is 19.4. The Morgan fingerprint density at radius 1 is 1.02 bits per heavy atom. The van der Waals surface area contributed by atoms with Crippen LogP contribution < -0.4 is 10.2 Å². The number of anilines is 2. The molecule has 6 rings (SSSR count). The van der Waals surface area contributed by atoms with Gasteiger partial charge in [-0.25, -0.2) is 4.98 Å². The van der Waals surface area contributed by atoms with E-state index >= 15 is 0 Å². The molecule has 1 atom stereocenters. The number of unbranched alkanes of at least 4 members (excludes halogenated alkanes) is 1. The van der Waals surface area contributed by atoms with Crippen LogP contribution in [0.15, 0.2) is 48.8 Å². The van der Waals surface area contributed by atoms with Gasteiger partial charge >= 0.3 is 12.4 Å². The zero-order chi connectivity index (χ0) is 35.1. The zero-order valence-corrected chi connectivity index (χ0v) is 26.7. The van der Waals surface area contributed by atoms with Crippen molar-refractivity contribution in [1.82, 2.24) is 24.6 Å². The molecule has 0 aliphatic carbocycles. The first-order chi connectivity index (χ1) is 23.2. The molecule has 0 saturated carbocycles. The van der Waals surface area contributed by atoms with Crippen LogP contribution in [-0.4, -0.2) is 50.2 Å². The van der Waals surface area contributed by atoms with Gasteiger partial charge in [0.1, 0.15) is 18.0 Å². The normalized spacial score (nSPS) is 16.7. The molecule has 0 unspecified atom stereocenters. The molecule has 2 aliphatic heterocycles. The summed E-state index contributed by atoms with van der Waals surface area (Å²) in [4.78, 5) is 21.6. The highest BCUT2D eigenvalue weighted by molar-refractivity contribution is 6.10. The fraction of sp³-hybridized carbons (Fsp3) is 0.382. The number of hydrogen-bond acceptors (Lipinski definition) is 7. The fourth-order valence-corrected chi connectivity index (χ4v) is 6.39. The van der Waals surface area contributed by atoms with Crippen molar-refractivity contribution < 1.29 is 31.1 Å². The van der Waals surface area contributed by atoms with E-state index in [0.29, 0.717) is 23.5 Å². The highest BCUT2D eigenvalue weighted by Crippen LogP contribution is 2.42. The van der Waals surface area contributed by atoms with E-state index in [9.17, 15) is 31.1 Å². The summed E-state index contributed by atoms with van der Waals surface area (Å²) in [5.41, 5.74) is -1.15. The number of aryl methyl sites for hydroxylation is 1. The topological polar surface area (TPSA) is 103 Å². The molecule has 15 heteroatoms. The van der Waals surface area contributed by atoms with Gasteiger partial charge in [-0.05, 0) is 90.0 Å². The van der Waals surface area contributed by atoms with Gasteiger partial charge in [0.05, 0.1) is 23.7 Å². The second-order valence-corrected chi connectivity index (χ2v) is 12.5. The third-order valence-electron chi connectivity index (χ3n) is 8.79. The lowest BCUT2D eigenvalue weighted by Crippen LogP contribution is -2.24. The van der Waals surface area contributed by atoms with Gasteiger partial charge in [-0.1, -0.05) is 6.92 Å². The van der Waals surface area contributed by atoms with Crippen molar-refractivity contribution in [2.45, 2.75) is 51.6 Å². The molecule has 0 spiro atoms. The van der Waals surface area contributed by atoms with Gasteiger partial charge in [0, 0.05) is 44.2 Å². The Bertz CT molecular complexity index is 1930. The van der Waals surface area contributed by atoms with Crippen LogP contribution in [0.25, 0.3) is 22.5 Å². The van der Waals surface area contributed by atoms with Crippen LogP contribution >= 0.6 is 0 Å². The number of carbonyl (C=O) groups excluding carboxylic acids is 1. The minimum atomic E-state index is -4.74. The van der Waals surface area contributed by atoms with Crippen molar-refractivity contribution in [3.05, 3.63) is 76.6 Å². The minimum Gasteiger partial charge on any atom is -0.370 e. The second-order valence-electron chi connectivity index (χ2n) is 12.5. The number of halogens is 6. The summed E-state index contributed by atoms with van der Waals surface area (Å²) in [5.74, 6) is 0.0989. The highest BCUT2D eigenvalue weighted by Gasteiger charge is 2.41. The third-order valence-corrected chi connectivity index (χ3v) is 8.79. The standard InChI is InChI=1S/C34H32F6N8O/c1-20-7-10-47(16-20)17-21-11-26-27(28(12-21)34(38,39)40)18-48(32(26)49)30-14-22(13-29(44-30)42-9-4-3-8-41)25-15-23(33(35,36)37)5-6-24(25)31-45-43-19-46(31)2/h5-6,11-15,19-20H,3-4,7,9-10,16-18H2,1-2H3,(H,42,44)/t20-/m0/s1. The van der Waals surface area contributed by atoms with E-state index in [1.165, 1.54) is 35.2 Å². The Hall–Kier alpha value is -4.97. The van der Waals surface area contributed by atoms with Crippen molar-refractivity contribution in [2.75, 3.05) is 29.9 Å². The molecule has 1 fully saturated rings. The molecule has 256 valence electrons. The van der Waals surface area contributed by atoms with E-state index in [0.717, 1.165) is 42.6 Å². The minimum absolute atomic E-state index is 0.0501. The first-order valence-corrected chi connectivity index (χ1v) is 15.7. The summed E-state index contributed by atoms with van der Waals surface area (Å²) in [6, 6.07) is 10.7. The molecule has 49 heavy (non-hydrogen) atoms. The molecule has 2 aromatic heterocycles. The quantitative estimate of drug-likeness (QED) is 0.146. The van der Waals surface area contributed by atoms with E-state index in [1.54, 1.807) is 7.05 Å². The number of alkyl halides is 6. The molecule has 4 aromatic rings. The average molecular weight is 683 g/mol. The molecule has 9 nitrogen and oxygen atoms in total.